The van der Waals surface area contributed by atoms with Crippen LogP contribution in [0.3, 0.4) is 0 Å². The molecule has 1 aliphatic heterocycles. The number of aryl methyl sites for hydroxylation is 1. The maximum Gasteiger partial charge on any atom is 0.118 e. The SMILES string of the molecule is Cn1ccnc1CSCC1CNC1. The Labute approximate surface area is 82.9 Å². The lowest BCUT2D eigenvalue weighted by molar-refractivity contribution is 0.385. The monoisotopic (exact) mass is 197 g/mol. The first-order chi connectivity index (χ1) is 6.36. The molecule has 0 saturated carbocycles. The van der Waals surface area contributed by atoms with E-state index in [9.17, 15) is 0 Å². The first-order valence-corrected chi connectivity index (χ1v) is 5.76. The fourth-order valence-electron chi connectivity index (χ4n) is 1.32. The molecular weight excluding hydrogens is 182 g/mol. The normalized spacial score (nSPS) is 17.3. The van der Waals surface area contributed by atoms with Gasteiger partial charge in [0.1, 0.15) is 5.82 Å². The van der Waals surface area contributed by atoms with E-state index in [1.54, 1.807) is 0 Å². The van der Waals surface area contributed by atoms with Crippen molar-refractivity contribution in [2.24, 2.45) is 13.0 Å². The molecule has 0 unspecified atom stereocenters. The van der Waals surface area contributed by atoms with Gasteiger partial charge in [-0.1, -0.05) is 0 Å². The largest absolute Gasteiger partial charge is 0.337 e. The van der Waals surface area contributed by atoms with Crippen LogP contribution in [0.4, 0.5) is 0 Å². The third kappa shape index (κ3) is 2.25. The average molecular weight is 197 g/mol. The molecule has 4 heteroatoms. The number of imidazole rings is 1. The van der Waals surface area contributed by atoms with Crippen molar-refractivity contribution in [3.63, 3.8) is 0 Å². The van der Waals surface area contributed by atoms with Gasteiger partial charge in [-0.15, -0.1) is 0 Å². The number of rotatable bonds is 4. The van der Waals surface area contributed by atoms with E-state index >= 15 is 0 Å². The summed E-state index contributed by atoms with van der Waals surface area (Å²) in [7, 11) is 2.05. The molecule has 72 valence electrons. The Morgan fingerprint density at radius 3 is 3.08 bits per heavy atom. The third-order valence-electron chi connectivity index (χ3n) is 2.37. The molecule has 0 aliphatic carbocycles. The van der Waals surface area contributed by atoms with Crippen molar-refractivity contribution < 1.29 is 0 Å². The van der Waals surface area contributed by atoms with E-state index in [-0.39, 0.29) is 0 Å². The summed E-state index contributed by atoms with van der Waals surface area (Å²) in [6, 6.07) is 0. The zero-order chi connectivity index (χ0) is 9.10. The van der Waals surface area contributed by atoms with E-state index in [0.29, 0.717) is 0 Å². The Morgan fingerprint density at radius 2 is 2.54 bits per heavy atom. The highest BCUT2D eigenvalue weighted by Gasteiger charge is 2.16. The van der Waals surface area contributed by atoms with Crippen molar-refractivity contribution in [1.82, 2.24) is 14.9 Å². The van der Waals surface area contributed by atoms with Crippen molar-refractivity contribution in [3.05, 3.63) is 18.2 Å². The summed E-state index contributed by atoms with van der Waals surface area (Å²) in [5, 5.41) is 3.28. The highest BCUT2D eigenvalue weighted by molar-refractivity contribution is 7.98. The summed E-state index contributed by atoms with van der Waals surface area (Å²) in [4.78, 5) is 4.28. The fraction of sp³-hybridized carbons (Fsp3) is 0.667. The van der Waals surface area contributed by atoms with E-state index in [1.807, 2.05) is 31.2 Å². The number of nitrogens with zero attached hydrogens (tertiary/aromatic N) is 2. The molecule has 0 bridgehead atoms. The van der Waals surface area contributed by atoms with Crippen molar-refractivity contribution >= 4 is 11.8 Å². The third-order valence-corrected chi connectivity index (χ3v) is 3.54. The van der Waals surface area contributed by atoms with Crippen LogP contribution in [0.15, 0.2) is 12.4 Å². The Balaban J connectivity index is 1.70. The van der Waals surface area contributed by atoms with Crippen molar-refractivity contribution in [2.45, 2.75) is 5.75 Å². The lowest BCUT2D eigenvalue weighted by Gasteiger charge is -2.26. The van der Waals surface area contributed by atoms with E-state index < -0.39 is 0 Å². The fourth-order valence-corrected chi connectivity index (χ4v) is 2.47. The lowest BCUT2D eigenvalue weighted by Crippen LogP contribution is -2.43. The van der Waals surface area contributed by atoms with Gasteiger partial charge in [0.05, 0.1) is 5.75 Å². The zero-order valence-corrected chi connectivity index (χ0v) is 8.68. The molecule has 2 heterocycles. The van der Waals surface area contributed by atoms with Crippen LogP contribution in [0.5, 0.6) is 0 Å². The molecule has 0 radical (unpaired) electrons. The second kappa shape index (κ2) is 4.15. The van der Waals surface area contributed by atoms with Crippen LogP contribution in [0.1, 0.15) is 5.82 Å². The summed E-state index contributed by atoms with van der Waals surface area (Å²) in [5.41, 5.74) is 0. The average Bonchev–Trinajstić information content (AvgIpc) is 2.42. The van der Waals surface area contributed by atoms with E-state index in [1.165, 1.54) is 24.7 Å². The van der Waals surface area contributed by atoms with Crippen LogP contribution >= 0.6 is 11.8 Å². The van der Waals surface area contributed by atoms with E-state index in [0.717, 1.165) is 11.7 Å². The smallest absolute Gasteiger partial charge is 0.118 e. The molecule has 0 amide bonds. The zero-order valence-electron chi connectivity index (χ0n) is 7.86. The number of hydrogen-bond acceptors (Lipinski definition) is 3. The highest BCUT2D eigenvalue weighted by Crippen LogP contribution is 2.16. The molecule has 0 aromatic carbocycles. The van der Waals surface area contributed by atoms with Gasteiger partial charge in [0.2, 0.25) is 0 Å². The first-order valence-electron chi connectivity index (χ1n) is 4.61. The Kier molecular flexibility index (Phi) is 2.90. The molecule has 0 spiro atoms. The maximum absolute atomic E-state index is 4.28. The van der Waals surface area contributed by atoms with Crippen molar-refractivity contribution in [3.8, 4) is 0 Å². The van der Waals surface area contributed by atoms with Gasteiger partial charge in [0.15, 0.2) is 0 Å². The maximum atomic E-state index is 4.28. The van der Waals surface area contributed by atoms with Gasteiger partial charge in [0, 0.05) is 19.4 Å². The topological polar surface area (TPSA) is 29.9 Å². The minimum Gasteiger partial charge on any atom is -0.337 e. The van der Waals surface area contributed by atoms with Gasteiger partial charge in [-0.05, 0) is 24.8 Å². The molecule has 2 rings (SSSR count). The number of aromatic nitrogens is 2. The molecule has 1 saturated heterocycles. The molecule has 1 N–H and O–H groups in total. The Morgan fingerprint density at radius 1 is 1.69 bits per heavy atom. The van der Waals surface area contributed by atoms with Crippen LogP contribution in [0.25, 0.3) is 0 Å². The molecule has 1 aromatic rings. The standard InChI is InChI=1S/C9H15N3S/c1-12-3-2-11-9(12)7-13-6-8-4-10-5-8/h2-3,8,10H,4-7H2,1H3. The molecule has 1 aliphatic rings. The van der Waals surface area contributed by atoms with Crippen LogP contribution in [-0.4, -0.2) is 28.4 Å². The van der Waals surface area contributed by atoms with E-state index in [4.69, 9.17) is 0 Å². The summed E-state index contributed by atoms with van der Waals surface area (Å²) >= 11 is 1.99. The van der Waals surface area contributed by atoms with Gasteiger partial charge < -0.3 is 9.88 Å². The highest BCUT2D eigenvalue weighted by atomic mass is 32.2. The van der Waals surface area contributed by atoms with Gasteiger partial charge in [-0.3, -0.25) is 0 Å². The Bertz CT molecular complexity index is 268. The van der Waals surface area contributed by atoms with Crippen LogP contribution in [-0.2, 0) is 12.8 Å². The molecule has 0 atom stereocenters. The summed E-state index contributed by atoms with van der Waals surface area (Å²) in [5.74, 6) is 4.38. The minimum absolute atomic E-state index is 0.894. The van der Waals surface area contributed by atoms with Crippen molar-refractivity contribution in [2.75, 3.05) is 18.8 Å². The van der Waals surface area contributed by atoms with E-state index in [2.05, 4.69) is 14.9 Å². The molecule has 1 fully saturated rings. The van der Waals surface area contributed by atoms with Crippen molar-refractivity contribution in [1.29, 1.82) is 0 Å². The number of thioether (sulfide) groups is 1. The molecule has 13 heavy (non-hydrogen) atoms. The van der Waals surface area contributed by atoms with Gasteiger partial charge in [-0.25, -0.2) is 4.98 Å². The second-order valence-corrected chi connectivity index (χ2v) is 4.52. The van der Waals surface area contributed by atoms with Gasteiger partial charge in [-0.2, -0.15) is 11.8 Å². The minimum atomic E-state index is 0.894. The lowest BCUT2D eigenvalue weighted by atomic mass is 10.1. The van der Waals surface area contributed by atoms with Crippen LogP contribution in [0.2, 0.25) is 0 Å². The second-order valence-electron chi connectivity index (χ2n) is 3.49. The predicted octanol–water partition coefficient (Wildman–Crippen LogP) is 0.873. The number of hydrogen-bond donors (Lipinski definition) is 1. The quantitative estimate of drug-likeness (QED) is 0.777. The summed E-state index contributed by atoms with van der Waals surface area (Å²) < 4.78 is 2.09. The van der Waals surface area contributed by atoms with Gasteiger partial charge >= 0.3 is 0 Å². The first kappa shape index (κ1) is 9.09. The van der Waals surface area contributed by atoms with Crippen LogP contribution in [0, 0.1) is 5.92 Å². The van der Waals surface area contributed by atoms with Crippen LogP contribution < -0.4 is 5.32 Å². The molecular formula is C9H15N3S. The molecule has 1 aromatic heterocycles. The predicted molar refractivity (Wildman–Crippen MR) is 55.7 cm³/mol. The van der Waals surface area contributed by atoms with Gasteiger partial charge in [0.25, 0.3) is 0 Å². The summed E-state index contributed by atoms with van der Waals surface area (Å²) in [6.45, 7) is 2.40. The molecule has 3 nitrogen and oxygen atoms in total. The number of nitrogens with one attached hydrogen (secondary N) is 1. The Hall–Kier alpha value is -0.480. The summed E-state index contributed by atoms with van der Waals surface area (Å²) in [6.07, 6.45) is 3.86.